The van der Waals surface area contributed by atoms with Crippen LogP contribution in [0.25, 0.3) is 16.9 Å². The number of hydrogen-bond acceptors (Lipinski definition) is 5. The van der Waals surface area contributed by atoms with Crippen molar-refractivity contribution in [3.05, 3.63) is 47.2 Å². The van der Waals surface area contributed by atoms with E-state index in [0.717, 1.165) is 48.0 Å². The minimum Gasteiger partial charge on any atom is -0.495 e. The van der Waals surface area contributed by atoms with Crippen LogP contribution in [0, 0.1) is 5.92 Å². The molecule has 1 aliphatic rings. The van der Waals surface area contributed by atoms with Crippen molar-refractivity contribution in [2.45, 2.75) is 19.4 Å². The molecule has 0 aliphatic carbocycles. The van der Waals surface area contributed by atoms with Gasteiger partial charge in [0.25, 0.3) is 0 Å². The summed E-state index contributed by atoms with van der Waals surface area (Å²) in [6.45, 7) is 3.20. The number of aliphatic hydroxyl groups is 1. The number of methoxy groups -OCH3 is 1. The topological polar surface area (TPSA) is 53.2 Å². The fraction of sp³-hybridized carbons (Fsp3) is 0.435. The van der Waals surface area contributed by atoms with E-state index in [2.05, 4.69) is 42.2 Å². The Bertz CT molecular complexity index is 1030. The molecule has 0 saturated carbocycles. The van der Waals surface area contributed by atoms with Gasteiger partial charge in [0.15, 0.2) is 0 Å². The van der Waals surface area contributed by atoms with Crippen molar-refractivity contribution in [2.24, 2.45) is 5.92 Å². The van der Waals surface area contributed by atoms with Gasteiger partial charge < -0.3 is 24.0 Å². The highest BCUT2D eigenvalue weighted by molar-refractivity contribution is 6.32. The molecule has 0 unspecified atom stereocenters. The Morgan fingerprint density at radius 3 is 2.67 bits per heavy atom. The summed E-state index contributed by atoms with van der Waals surface area (Å²) in [7, 11) is 5.86. The minimum atomic E-state index is -0.107. The Morgan fingerprint density at radius 1 is 1.23 bits per heavy atom. The molecule has 2 aromatic heterocycles. The molecule has 7 heteroatoms. The van der Waals surface area contributed by atoms with Crippen LogP contribution in [0.1, 0.15) is 18.4 Å². The number of imidazole rings is 1. The van der Waals surface area contributed by atoms with Crippen molar-refractivity contribution in [1.29, 1.82) is 0 Å². The van der Waals surface area contributed by atoms with E-state index in [4.69, 9.17) is 21.3 Å². The summed E-state index contributed by atoms with van der Waals surface area (Å²) in [6, 6.07) is 7.87. The lowest BCUT2D eigenvalue weighted by Gasteiger charge is -2.34. The molecule has 1 fully saturated rings. The number of benzene rings is 1. The smallest absolute Gasteiger partial charge is 0.139 e. The average Bonchev–Trinajstić information content (AvgIpc) is 3.17. The minimum absolute atomic E-state index is 0.107. The number of halogens is 1. The van der Waals surface area contributed by atoms with Crippen LogP contribution in [0.3, 0.4) is 0 Å². The van der Waals surface area contributed by atoms with Crippen molar-refractivity contribution in [2.75, 3.05) is 45.7 Å². The summed E-state index contributed by atoms with van der Waals surface area (Å²) in [5, 5.41) is 10.3. The first kappa shape index (κ1) is 21.0. The molecular weight excluding hydrogens is 400 g/mol. The van der Waals surface area contributed by atoms with E-state index in [1.807, 2.05) is 16.7 Å². The lowest BCUT2D eigenvalue weighted by atomic mass is 9.96. The van der Waals surface area contributed by atoms with Gasteiger partial charge in [0.1, 0.15) is 11.4 Å². The number of piperidine rings is 1. The summed E-state index contributed by atoms with van der Waals surface area (Å²) >= 11 is 6.33. The third-order valence-corrected chi connectivity index (χ3v) is 6.17. The van der Waals surface area contributed by atoms with Crippen molar-refractivity contribution < 1.29 is 9.84 Å². The zero-order chi connectivity index (χ0) is 21.3. The summed E-state index contributed by atoms with van der Waals surface area (Å²) in [6.07, 6.45) is 6.46. The van der Waals surface area contributed by atoms with Gasteiger partial charge in [-0.25, -0.2) is 4.98 Å². The van der Waals surface area contributed by atoms with Crippen molar-refractivity contribution >= 4 is 22.9 Å². The van der Waals surface area contributed by atoms with Crippen LogP contribution in [-0.4, -0.2) is 60.2 Å². The van der Waals surface area contributed by atoms with Gasteiger partial charge in [-0.1, -0.05) is 11.6 Å². The Hall–Kier alpha value is -2.28. The zero-order valence-electron chi connectivity index (χ0n) is 17.8. The van der Waals surface area contributed by atoms with Crippen LogP contribution in [0.5, 0.6) is 5.75 Å². The fourth-order valence-electron chi connectivity index (χ4n) is 4.31. The van der Waals surface area contributed by atoms with E-state index >= 15 is 0 Å². The maximum atomic E-state index is 9.81. The number of anilines is 1. The van der Waals surface area contributed by atoms with Crippen LogP contribution < -0.4 is 9.64 Å². The van der Waals surface area contributed by atoms with E-state index in [0.29, 0.717) is 10.8 Å². The predicted octanol–water partition coefficient (Wildman–Crippen LogP) is 3.93. The quantitative estimate of drug-likeness (QED) is 0.644. The molecule has 1 N–H and O–H groups in total. The number of aromatic nitrogens is 2. The maximum absolute atomic E-state index is 9.81. The summed E-state index contributed by atoms with van der Waals surface area (Å²) < 4.78 is 7.28. The van der Waals surface area contributed by atoms with E-state index in [9.17, 15) is 5.11 Å². The van der Waals surface area contributed by atoms with Gasteiger partial charge in [0, 0.05) is 49.3 Å². The fourth-order valence-corrected chi connectivity index (χ4v) is 4.55. The molecule has 160 valence electrons. The molecule has 30 heavy (non-hydrogen) atoms. The molecule has 1 saturated heterocycles. The highest BCUT2D eigenvalue weighted by atomic mass is 35.5. The molecule has 1 aliphatic heterocycles. The monoisotopic (exact) mass is 428 g/mol. The van der Waals surface area contributed by atoms with Crippen LogP contribution in [0.15, 0.2) is 36.7 Å². The summed E-state index contributed by atoms with van der Waals surface area (Å²) in [5.41, 5.74) is 4.43. The standard InChI is InChI=1S/C23H29ClN4O2/c1-26(2)13-16-4-7-27(8-5-16)18-6-9-28-14-21(25-23(28)11-18)19-12-20(24)22(30-3)10-17(19)15-29/h6,9-12,14,16,29H,4-5,7-8,13,15H2,1-3H3. The average molecular weight is 429 g/mol. The molecule has 1 aromatic carbocycles. The van der Waals surface area contributed by atoms with Gasteiger partial charge in [0.2, 0.25) is 0 Å². The molecule has 0 spiro atoms. The second kappa shape index (κ2) is 8.84. The number of rotatable bonds is 6. The lowest BCUT2D eigenvalue weighted by molar-refractivity contribution is 0.281. The van der Waals surface area contributed by atoms with E-state index in [-0.39, 0.29) is 6.61 Å². The van der Waals surface area contributed by atoms with Gasteiger partial charge in [-0.15, -0.1) is 0 Å². The molecule has 3 heterocycles. The van der Waals surface area contributed by atoms with E-state index in [1.165, 1.54) is 18.5 Å². The molecule has 0 amide bonds. The SMILES string of the molecule is COc1cc(CO)c(-c2cn3ccc(N4CCC(CN(C)C)CC4)cc3n2)cc1Cl. The van der Waals surface area contributed by atoms with Crippen molar-refractivity contribution in [3.63, 3.8) is 0 Å². The molecule has 3 aromatic rings. The highest BCUT2D eigenvalue weighted by Gasteiger charge is 2.20. The van der Waals surface area contributed by atoms with Gasteiger partial charge in [-0.2, -0.15) is 0 Å². The molecule has 4 rings (SSSR count). The second-order valence-electron chi connectivity index (χ2n) is 8.27. The molecule has 0 atom stereocenters. The van der Waals surface area contributed by atoms with Crippen LogP contribution >= 0.6 is 11.6 Å². The van der Waals surface area contributed by atoms with Gasteiger partial charge >= 0.3 is 0 Å². The normalized spacial score (nSPS) is 15.3. The van der Waals surface area contributed by atoms with Crippen molar-refractivity contribution in [1.82, 2.24) is 14.3 Å². The Morgan fingerprint density at radius 2 is 2.00 bits per heavy atom. The van der Waals surface area contributed by atoms with Crippen LogP contribution in [-0.2, 0) is 6.61 Å². The molecule has 6 nitrogen and oxygen atoms in total. The summed E-state index contributed by atoms with van der Waals surface area (Å²) in [5.74, 6) is 1.32. The Balaban J connectivity index is 1.59. The lowest BCUT2D eigenvalue weighted by Crippen LogP contribution is -2.37. The van der Waals surface area contributed by atoms with Gasteiger partial charge in [-0.3, -0.25) is 0 Å². The second-order valence-corrected chi connectivity index (χ2v) is 8.68. The molecular formula is C23H29ClN4O2. The largest absolute Gasteiger partial charge is 0.495 e. The zero-order valence-corrected chi connectivity index (χ0v) is 18.6. The highest BCUT2D eigenvalue weighted by Crippen LogP contribution is 2.34. The maximum Gasteiger partial charge on any atom is 0.139 e. The molecule has 0 bridgehead atoms. The number of hydrogen-bond donors (Lipinski definition) is 1. The van der Waals surface area contributed by atoms with Gasteiger partial charge in [0.05, 0.1) is 24.4 Å². The third kappa shape index (κ3) is 4.26. The predicted molar refractivity (Wildman–Crippen MR) is 122 cm³/mol. The van der Waals surface area contributed by atoms with Crippen molar-refractivity contribution in [3.8, 4) is 17.0 Å². The first-order valence-electron chi connectivity index (χ1n) is 10.3. The number of fused-ring (bicyclic) bond motifs is 1. The van der Waals surface area contributed by atoms with Crippen LogP contribution in [0.2, 0.25) is 5.02 Å². The number of aliphatic hydroxyl groups excluding tert-OH is 1. The van der Waals surface area contributed by atoms with E-state index in [1.54, 1.807) is 13.2 Å². The van der Waals surface area contributed by atoms with Gasteiger partial charge in [-0.05, 0) is 56.6 Å². The first-order chi connectivity index (χ1) is 14.5. The van der Waals surface area contributed by atoms with E-state index < -0.39 is 0 Å². The van der Waals surface area contributed by atoms with Crippen LogP contribution in [0.4, 0.5) is 5.69 Å². The number of ether oxygens (including phenoxy) is 1. The third-order valence-electron chi connectivity index (χ3n) is 5.87. The Kier molecular flexibility index (Phi) is 6.18. The number of pyridine rings is 1. The summed E-state index contributed by atoms with van der Waals surface area (Å²) in [4.78, 5) is 9.55. The molecule has 0 radical (unpaired) electrons. The number of nitrogens with zero attached hydrogens (tertiary/aromatic N) is 4. The Labute approximate surface area is 182 Å². The first-order valence-corrected chi connectivity index (χ1v) is 10.7.